The summed E-state index contributed by atoms with van der Waals surface area (Å²) >= 11 is 0. The topological polar surface area (TPSA) is 59.9 Å². The third-order valence-corrected chi connectivity index (χ3v) is 2.06. The SMILES string of the molecule is CC.CCOc1ccccc1C/C(=N/OC)NC=O. The highest BCUT2D eigenvalue weighted by molar-refractivity contribution is 5.91. The predicted molar refractivity (Wildman–Crippen MR) is 76.3 cm³/mol. The number of hydrogen-bond acceptors (Lipinski definition) is 4. The molecule has 0 spiro atoms. The number of amides is 1. The zero-order chi connectivity index (χ0) is 14.5. The van der Waals surface area contributed by atoms with Crippen molar-refractivity contribution >= 4 is 12.2 Å². The van der Waals surface area contributed by atoms with Gasteiger partial charge in [0.25, 0.3) is 0 Å². The van der Waals surface area contributed by atoms with Crippen LogP contribution in [0, 0.1) is 0 Å². The molecule has 0 heterocycles. The van der Waals surface area contributed by atoms with Crippen molar-refractivity contribution in [2.75, 3.05) is 13.7 Å². The molecule has 1 rings (SSSR count). The van der Waals surface area contributed by atoms with Crippen LogP contribution in [0.1, 0.15) is 26.3 Å². The summed E-state index contributed by atoms with van der Waals surface area (Å²) in [5.41, 5.74) is 0.944. The molecule has 0 saturated carbocycles. The highest BCUT2D eigenvalue weighted by atomic mass is 16.6. The molecular weight excluding hydrogens is 244 g/mol. The van der Waals surface area contributed by atoms with Crippen LogP contribution < -0.4 is 10.1 Å². The molecule has 0 aliphatic heterocycles. The van der Waals surface area contributed by atoms with E-state index in [1.165, 1.54) is 7.11 Å². The van der Waals surface area contributed by atoms with E-state index in [0.717, 1.165) is 11.3 Å². The Balaban J connectivity index is 0.00000154. The maximum atomic E-state index is 10.4. The quantitative estimate of drug-likeness (QED) is 0.372. The zero-order valence-corrected chi connectivity index (χ0v) is 12.0. The second-order valence-corrected chi connectivity index (χ2v) is 3.20. The molecule has 0 aromatic heterocycles. The average Bonchev–Trinajstić information content (AvgIpc) is 2.44. The first-order chi connectivity index (χ1) is 9.31. The molecule has 1 aromatic rings. The van der Waals surface area contributed by atoms with E-state index in [4.69, 9.17) is 4.74 Å². The Bertz CT molecular complexity index is 392. The van der Waals surface area contributed by atoms with Gasteiger partial charge in [0.15, 0.2) is 5.84 Å². The van der Waals surface area contributed by atoms with Crippen LogP contribution in [0.15, 0.2) is 29.4 Å². The number of carbonyl (C=O) groups excluding carboxylic acids is 1. The lowest BCUT2D eigenvalue weighted by Gasteiger charge is -2.10. The van der Waals surface area contributed by atoms with E-state index in [0.29, 0.717) is 25.3 Å². The van der Waals surface area contributed by atoms with Crippen LogP contribution in [0.25, 0.3) is 0 Å². The van der Waals surface area contributed by atoms with Gasteiger partial charge < -0.3 is 14.9 Å². The number of carbonyl (C=O) groups is 1. The Labute approximate surface area is 114 Å². The van der Waals surface area contributed by atoms with Crippen molar-refractivity contribution in [1.29, 1.82) is 0 Å². The van der Waals surface area contributed by atoms with Crippen LogP contribution in [-0.2, 0) is 16.1 Å². The summed E-state index contributed by atoms with van der Waals surface area (Å²) in [4.78, 5) is 15.1. The zero-order valence-electron chi connectivity index (χ0n) is 12.0. The normalized spacial score (nSPS) is 10.0. The molecule has 1 amide bonds. The fraction of sp³-hybridized carbons (Fsp3) is 0.429. The van der Waals surface area contributed by atoms with Gasteiger partial charge in [0.2, 0.25) is 6.41 Å². The Morgan fingerprint density at radius 2 is 2.05 bits per heavy atom. The van der Waals surface area contributed by atoms with Crippen molar-refractivity contribution in [2.24, 2.45) is 5.16 Å². The first kappa shape index (κ1) is 17.0. The standard InChI is InChI=1S/C12H16N2O3.C2H6/c1-3-17-11-7-5-4-6-10(11)8-12(13-9-15)14-16-2;1-2/h4-7,9H,3,8H2,1-2H3,(H,13,14,15);1-2H3. The number of hydrogen-bond donors (Lipinski definition) is 1. The predicted octanol–water partition coefficient (Wildman–Crippen LogP) is 2.36. The summed E-state index contributed by atoms with van der Waals surface area (Å²) < 4.78 is 5.48. The Kier molecular flexibility index (Phi) is 9.88. The summed E-state index contributed by atoms with van der Waals surface area (Å²) in [6, 6.07) is 7.60. The summed E-state index contributed by atoms with van der Waals surface area (Å²) in [5.74, 6) is 1.22. The Hall–Kier alpha value is -2.04. The molecule has 5 nitrogen and oxygen atoms in total. The average molecular weight is 266 g/mol. The first-order valence-electron chi connectivity index (χ1n) is 6.32. The number of amidine groups is 1. The van der Waals surface area contributed by atoms with Gasteiger partial charge in [0.1, 0.15) is 12.9 Å². The van der Waals surface area contributed by atoms with Crippen LogP contribution in [0.5, 0.6) is 5.75 Å². The van der Waals surface area contributed by atoms with Gasteiger partial charge in [-0.3, -0.25) is 4.79 Å². The molecule has 1 N–H and O–H groups in total. The fourth-order valence-electron chi connectivity index (χ4n) is 1.41. The van der Waals surface area contributed by atoms with Crippen LogP contribution >= 0.6 is 0 Å². The summed E-state index contributed by atoms with van der Waals surface area (Å²) in [6.07, 6.45) is 1.02. The van der Waals surface area contributed by atoms with E-state index >= 15 is 0 Å². The van der Waals surface area contributed by atoms with Crippen LogP contribution in [0.2, 0.25) is 0 Å². The molecule has 1 aromatic carbocycles. The lowest BCUT2D eigenvalue weighted by Crippen LogP contribution is -2.24. The van der Waals surface area contributed by atoms with Crippen molar-refractivity contribution in [3.63, 3.8) is 0 Å². The monoisotopic (exact) mass is 266 g/mol. The van der Waals surface area contributed by atoms with Crippen molar-refractivity contribution < 1.29 is 14.4 Å². The summed E-state index contributed by atoms with van der Waals surface area (Å²) in [6.45, 7) is 6.51. The van der Waals surface area contributed by atoms with Gasteiger partial charge in [0.05, 0.1) is 6.61 Å². The molecular formula is C14H22N2O3. The van der Waals surface area contributed by atoms with Gasteiger partial charge in [-0.1, -0.05) is 37.2 Å². The minimum atomic E-state index is 0.439. The van der Waals surface area contributed by atoms with Crippen molar-refractivity contribution in [2.45, 2.75) is 27.2 Å². The maximum Gasteiger partial charge on any atom is 0.212 e. The molecule has 0 radical (unpaired) electrons. The molecule has 0 atom stereocenters. The number of benzene rings is 1. The Morgan fingerprint density at radius 3 is 2.63 bits per heavy atom. The van der Waals surface area contributed by atoms with Crippen LogP contribution in [0.4, 0.5) is 0 Å². The molecule has 0 aliphatic carbocycles. The molecule has 0 aliphatic rings. The van der Waals surface area contributed by atoms with Gasteiger partial charge in [-0.25, -0.2) is 0 Å². The van der Waals surface area contributed by atoms with Crippen LogP contribution in [0.3, 0.4) is 0 Å². The first-order valence-corrected chi connectivity index (χ1v) is 6.32. The molecule has 0 saturated heterocycles. The van der Waals surface area contributed by atoms with E-state index in [-0.39, 0.29) is 0 Å². The van der Waals surface area contributed by atoms with Gasteiger partial charge in [0, 0.05) is 12.0 Å². The highest BCUT2D eigenvalue weighted by Crippen LogP contribution is 2.18. The third-order valence-electron chi connectivity index (χ3n) is 2.06. The molecule has 0 fully saturated rings. The summed E-state index contributed by atoms with van der Waals surface area (Å²) in [7, 11) is 1.43. The lowest BCUT2D eigenvalue weighted by atomic mass is 10.1. The van der Waals surface area contributed by atoms with Crippen LogP contribution in [-0.4, -0.2) is 26.0 Å². The molecule has 106 valence electrons. The number of ether oxygens (including phenoxy) is 1. The molecule has 0 bridgehead atoms. The molecule has 0 unspecified atom stereocenters. The van der Waals surface area contributed by atoms with Crippen molar-refractivity contribution in [1.82, 2.24) is 5.32 Å². The van der Waals surface area contributed by atoms with Gasteiger partial charge in [-0.15, -0.1) is 0 Å². The minimum absolute atomic E-state index is 0.439. The summed E-state index contributed by atoms with van der Waals surface area (Å²) in [5, 5.41) is 6.22. The maximum absolute atomic E-state index is 10.4. The number of para-hydroxylation sites is 1. The molecule has 5 heteroatoms. The van der Waals surface area contributed by atoms with Crippen molar-refractivity contribution in [3.05, 3.63) is 29.8 Å². The number of nitrogens with one attached hydrogen (secondary N) is 1. The minimum Gasteiger partial charge on any atom is -0.494 e. The highest BCUT2D eigenvalue weighted by Gasteiger charge is 2.07. The largest absolute Gasteiger partial charge is 0.494 e. The van der Waals surface area contributed by atoms with E-state index in [2.05, 4.69) is 15.3 Å². The van der Waals surface area contributed by atoms with E-state index in [9.17, 15) is 4.79 Å². The number of nitrogens with zero attached hydrogens (tertiary/aromatic N) is 1. The van der Waals surface area contributed by atoms with Gasteiger partial charge >= 0.3 is 0 Å². The third kappa shape index (κ3) is 6.45. The number of oxime groups is 1. The van der Waals surface area contributed by atoms with Gasteiger partial charge in [-0.2, -0.15) is 0 Å². The Morgan fingerprint density at radius 1 is 1.37 bits per heavy atom. The second kappa shape index (κ2) is 11.1. The molecule has 19 heavy (non-hydrogen) atoms. The van der Waals surface area contributed by atoms with E-state index in [1.807, 2.05) is 45.0 Å². The fourth-order valence-corrected chi connectivity index (χ4v) is 1.41. The lowest BCUT2D eigenvalue weighted by molar-refractivity contribution is -0.108. The van der Waals surface area contributed by atoms with E-state index in [1.54, 1.807) is 0 Å². The smallest absolute Gasteiger partial charge is 0.212 e. The second-order valence-electron chi connectivity index (χ2n) is 3.20. The van der Waals surface area contributed by atoms with Gasteiger partial charge in [-0.05, 0) is 13.0 Å². The number of rotatable bonds is 6. The van der Waals surface area contributed by atoms with E-state index < -0.39 is 0 Å². The van der Waals surface area contributed by atoms with Crippen molar-refractivity contribution in [3.8, 4) is 5.75 Å².